The van der Waals surface area contributed by atoms with Crippen LogP contribution < -0.4 is 10.6 Å². The van der Waals surface area contributed by atoms with Crippen LogP contribution >= 0.6 is 11.6 Å². The molecule has 0 atom stereocenters. The minimum Gasteiger partial charge on any atom is -0.452 e. The number of halogens is 4. The zero-order valence-corrected chi connectivity index (χ0v) is 15.3. The van der Waals surface area contributed by atoms with Crippen LogP contribution in [0.4, 0.5) is 13.2 Å². The van der Waals surface area contributed by atoms with Crippen LogP contribution in [0.15, 0.2) is 24.3 Å². The first-order valence-corrected chi connectivity index (χ1v) is 8.14. The fourth-order valence-corrected chi connectivity index (χ4v) is 1.97. The van der Waals surface area contributed by atoms with Crippen LogP contribution in [-0.4, -0.2) is 37.0 Å². The van der Waals surface area contributed by atoms with E-state index in [0.717, 1.165) is 30.4 Å². The Morgan fingerprint density at radius 3 is 2.48 bits per heavy atom. The largest absolute Gasteiger partial charge is 0.452 e. The van der Waals surface area contributed by atoms with Crippen molar-refractivity contribution < 1.29 is 32.3 Å². The first-order valence-electron chi connectivity index (χ1n) is 7.76. The molecule has 2 amide bonds. The van der Waals surface area contributed by atoms with Gasteiger partial charge in [-0.25, -0.2) is 4.79 Å². The first kappa shape index (κ1) is 22.5. The van der Waals surface area contributed by atoms with E-state index in [1.165, 1.54) is 0 Å². The van der Waals surface area contributed by atoms with Gasteiger partial charge >= 0.3 is 12.1 Å². The molecule has 0 spiro atoms. The molecule has 0 radical (unpaired) electrons. The van der Waals surface area contributed by atoms with Crippen molar-refractivity contribution in [2.24, 2.45) is 0 Å². The van der Waals surface area contributed by atoms with Crippen molar-refractivity contribution in [1.29, 1.82) is 0 Å². The summed E-state index contributed by atoms with van der Waals surface area (Å²) in [5, 5.41) is 4.82. The van der Waals surface area contributed by atoms with E-state index in [2.05, 4.69) is 15.4 Å². The van der Waals surface area contributed by atoms with Gasteiger partial charge < -0.3 is 15.4 Å². The van der Waals surface area contributed by atoms with Crippen LogP contribution in [-0.2, 0) is 25.3 Å². The number of hydrogen-bond donors (Lipinski definition) is 2. The molecule has 0 saturated heterocycles. The molecular weight excluding hydrogens is 389 g/mol. The highest BCUT2D eigenvalue weighted by atomic mass is 35.5. The average molecular weight is 407 g/mol. The number of ether oxygens (including phenoxy) is 1. The second-order valence-electron chi connectivity index (χ2n) is 5.67. The summed E-state index contributed by atoms with van der Waals surface area (Å²) >= 11 is 5.79. The van der Waals surface area contributed by atoms with Crippen LogP contribution in [0.25, 0.3) is 6.08 Å². The molecule has 0 fully saturated rings. The van der Waals surface area contributed by atoms with Gasteiger partial charge in [0.1, 0.15) is 0 Å². The van der Waals surface area contributed by atoms with Crippen molar-refractivity contribution in [1.82, 2.24) is 10.6 Å². The fourth-order valence-electron chi connectivity index (χ4n) is 1.79. The monoisotopic (exact) mass is 406 g/mol. The van der Waals surface area contributed by atoms with E-state index in [1.807, 2.05) is 0 Å². The molecule has 2 N–H and O–H groups in total. The third-order valence-electron chi connectivity index (χ3n) is 2.96. The van der Waals surface area contributed by atoms with Crippen molar-refractivity contribution in [2.45, 2.75) is 26.1 Å². The van der Waals surface area contributed by atoms with Crippen LogP contribution in [0.3, 0.4) is 0 Å². The second kappa shape index (κ2) is 9.96. The standard InChI is InChI=1S/C17H18ClF3N2O4/c1-10(2)23-14(24)8-22-15(25)9-27-16(26)6-3-11-7-12(17(19,20)21)4-5-13(11)18/h3-7,10H,8-9H2,1-2H3,(H,22,25)(H,23,24)/b6-3+. The SMILES string of the molecule is CC(C)NC(=O)CNC(=O)COC(=O)/C=C/c1cc(C(F)(F)F)ccc1Cl. The predicted molar refractivity (Wildman–Crippen MR) is 92.7 cm³/mol. The summed E-state index contributed by atoms with van der Waals surface area (Å²) in [7, 11) is 0. The summed E-state index contributed by atoms with van der Waals surface area (Å²) in [6.45, 7) is 2.59. The Labute approximate surface area is 158 Å². The molecule has 6 nitrogen and oxygen atoms in total. The number of hydrogen-bond acceptors (Lipinski definition) is 4. The normalized spacial score (nSPS) is 11.5. The number of amides is 2. The molecule has 1 aromatic rings. The third-order valence-corrected chi connectivity index (χ3v) is 3.31. The minimum absolute atomic E-state index is 0.0148. The molecule has 0 heterocycles. The van der Waals surface area contributed by atoms with Gasteiger partial charge in [-0.3, -0.25) is 9.59 Å². The molecule has 10 heteroatoms. The molecular formula is C17H18ClF3N2O4. The lowest BCUT2D eigenvalue weighted by Crippen LogP contribution is -2.41. The van der Waals surface area contributed by atoms with E-state index >= 15 is 0 Å². The van der Waals surface area contributed by atoms with Gasteiger partial charge in [0, 0.05) is 17.1 Å². The summed E-state index contributed by atoms with van der Waals surface area (Å²) in [5.74, 6) is -2.05. The summed E-state index contributed by atoms with van der Waals surface area (Å²) in [4.78, 5) is 34.4. The average Bonchev–Trinajstić information content (AvgIpc) is 2.55. The lowest BCUT2D eigenvalue weighted by Gasteiger charge is -2.09. The Balaban J connectivity index is 2.53. The summed E-state index contributed by atoms with van der Waals surface area (Å²) in [5.41, 5.74) is -0.947. The minimum atomic E-state index is -4.55. The van der Waals surface area contributed by atoms with Gasteiger partial charge in [-0.05, 0) is 43.7 Å². The van der Waals surface area contributed by atoms with Gasteiger partial charge in [0.2, 0.25) is 5.91 Å². The molecule has 0 bridgehead atoms. The van der Waals surface area contributed by atoms with Gasteiger partial charge in [0.15, 0.2) is 6.61 Å². The van der Waals surface area contributed by atoms with Crippen LogP contribution in [0.1, 0.15) is 25.0 Å². The third kappa shape index (κ3) is 8.59. The summed E-state index contributed by atoms with van der Waals surface area (Å²) < 4.78 is 42.7. The molecule has 0 aromatic heterocycles. The number of carbonyl (C=O) groups is 3. The molecule has 148 valence electrons. The van der Waals surface area contributed by atoms with E-state index in [0.29, 0.717) is 0 Å². The van der Waals surface area contributed by atoms with Gasteiger partial charge in [-0.1, -0.05) is 11.6 Å². The maximum Gasteiger partial charge on any atom is 0.416 e. The quantitative estimate of drug-likeness (QED) is 0.538. The number of nitrogens with one attached hydrogen (secondary N) is 2. The van der Waals surface area contributed by atoms with E-state index in [4.69, 9.17) is 11.6 Å². The van der Waals surface area contributed by atoms with Crippen LogP contribution in [0.5, 0.6) is 0 Å². The molecule has 0 aliphatic carbocycles. The van der Waals surface area contributed by atoms with Gasteiger partial charge in [0.05, 0.1) is 12.1 Å². The van der Waals surface area contributed by atoms with E-state index in [1.54, 1.807) is 13.8 Å². The maximum absolute atomic E-state index is 12.7. The molecule has 0 aliphatic rings. The van der Waals surface area contributed by atoms with Crippen molar-refractivity contribution in [3.63, 3.8) is 0 Å². The second-order valence-corrected chi connectivity index (χ2v) is 6.08. The topological polar surface area (TPSA) is 84.5 Å². The van der Waals surface area contributed by atoms with Crippen LogP contribution in [0.2, 0.25) is 5.02 Å². The smallest absolute Gasteiger partial charge is 0.416 e. The highest BCUT2D eigenvalue weighted by molar-refractivity contribution is 6.32. The van der Waals surface area contributed by atoms with E-state index in [-0.39, 0.29) is 23.2 Å². The fraction of sp³-hybridized carbons (Fsp3) is 0.353. The summed E-state index contributed by atoms with van der Waals surface area (Å²) in [6.07, 6.45) is -2.65. The number of rotatable bonds is 7. The van der Waals surface area contributed by atoms with E-state index in [9.17, 15) is 27.6 Å². The zero-order chi connectivity index (χ0) is 20.6. The van der Waals surface area contributed by atoms with E-state index < -0.39 is 36.1 Å². The predicted octanol–water partition coefficient (Wildman–Crippen LogP) is 2.56. The Bertz CT molecular complexity index is 733. The highest BCUT2D eigenvalue weighted by Gasteiger charge is 2.30. The van der Waals surface area contributed by atoms with Gasteiger partial charge in [-0.2, -0.15) is 13.2 Å². The molecule has 1 aromatic carbocycles. The Morgan fingerprint density at radius 1 is 1.22 bits per heavy atom. The molecule has 27 heavy (non-hydrogen) atoms. The lowest BCUT2D eigenvalue weighted by molar-refractivity contribution is -0.143. The Kier molecular flexibility index (Phi) is 8.30. The molecule has 0 aliphatic heterocycles. The number of alkyl halides is 3. The van der Waals surface area contributed by atoms with Gasteiger partial charge in [-0.15, -0.1) is 0 Å². The van der Waals surface area contributed by atoms with Crippen LogP contribution in [0, 0.1) is 0 Å². The van der Waals surface area contributed by atoms with Gasteiger partial charge in [0.25, 0.3) is 5.91 Å². The maximum atomic E-state index is 12.7. The summed E-state index contributed by atoms with van der Waals surface area (Å²) in [6, 6.07) is 2.58. The van der Waals surface area contributed by atoms with Crippen molar-refractivity contribution in [3.8, 4) is 0 Å². The van der Waals surface area contributed by atoms with Crippen molar-refractivity contribution >= 4 is 35.5 Å². The zero-order valence-electron chi connectivity index (χ0n) is 14.5. The van der Waals surface area contributed by atoms with Crippen molar-refractivity contribution in [2.75, 3.05) is 13.2 Å². The lowest BCUT2D eigenvalue weighted by atomic mass is 10.1. The Hall–Kier alpha value is -2.55. The number of benzene rings is 1. The molecule has 0 saturated carbocycles. The number of esters is 1. The molecule has 1 rings (SSSR count). The van der Waals surface area contributed by atoms with Crippen molar-refractivity contribution in [3.05, 3.63) is 40.4 Å². The number of carbonyl (C=O) groups excluding carboxylic acids is 3. The highest BCUT2D eigenvalue weighted by Crippen LogP contribution is 2.32. The Morgan fingerprint density at radius 2 is 1.89 bits per heavy atom. The molecule has 0 unspecified atom stereocenters. The first-order chi connectivity index (χ1) is 12.5.